The highest BCUT2D eigenvalue weighted by Crippen LogP contribution is 2.17. The molecule has 7 heteroatoms. The Labute approximate surface area is 139 Å². The van der Waals surface area contributed by atoms with E-state index in [1.807, 2.05) is 4.90 Å². The second-order valence-corrected chi connectivity index (χ2v) is 5.99. The molecule has 124 valence electrons. The lowest BCUT2D eigenvalue weighted by Gasteiger charge is -2.20. The van der Waals surface area contributed by atoms with Crippen LogP contribution in [0.2, 0.25) is 0 Å². The van der Waals surface area contributed by atoms with Gasteiger partial charge in [0.15, 0.2) is 10.9 Å². The Kier molecular flexibility index (Phi) is 6.34. The molecule has 2 aromatic heterocycles. The van der Waals surface area contributed by atoms with Crippen molar-refractivity contribution in [2.24, 2.45) is 0 Å². The van der Waals surface area contributed by atoms with Crippen LogP contribution in [0.25, 0.3) is 0 Å². The van der Waals surface area contributed by atoms with Gasteiger partial charge in [-0.25, -0.2) is 4.98 Å². The average Bonchev–Trinajstić information content (AvgIpc) is 3.19. The summed E-state index contributed by atoms with van der Waals surface area (Å²) in [6.07, 6.45) is 3.57. The number of aromatic nitrogens is 1. The third kappa shape index (κ3) is 4.92. The highest BCUT2D eigenvalue weighted by atomic mass is 32.1. The summed E-state index contributed by atoms with van der Waals surface area (Å²) < 4.78 is 5.03. The van der Waals surface area contributed by atoms with Crippen molar-refractivity contribution in [1.82, 2.24) is 9.88 Å². The minimum absolute atomic E-state index is 0.0721. The molecule has 2 aromatic rings. The van der Waals surface area contributed by atoms with Crippen molar-refractivity contribution < 1.29 is 14.0 Å². The van der Waals surface area contributed by atoms with Crippen LogP contribution < -0.4 is 5.32 Å². The van der Waals surface area contributed by atoms with Crippen molar-refractivity contribution in [2.45, 2.75) is 33.1 Å². The van der Waals surface area contributed by atoms with Gasteiger partial charge in [0.1, 0.15) is 0 Å². The SMILES string of the molecule is CCCN(CCC)C(=O)Cc1csc(NC(=O)c2ccco2)n1. The van der Waals surface area contributed by atoms with Crippen molar-refractivity contribution >= 4 is 28.3 Å². The number of thiazole rings is 1. The molecule has 2 amide bonds. The molecule has 2 rings (SSSR count). The number of nitrogens with zero attached hydrogens (tertiary/aromatic N) is 2. The number of amides is 2. The summed E-state index contributed by atoms with van der Waals surface area (Å²) in [5.74, 6) is -0.0429. The molecule has 0 radical (unpaired) electrons. The van der Waals surface area contributed by atoms with Gasteiger partial charge in [-0.2, -0.15) is 0 Å². The lowest BCUT2D eigenvalue weighted by atomic mass is 10.2. The van der Waals surface area contributed by atoms with Gasteiger partial charge in [0.25, 0.3) is 5.91 Å². The fraction of sp³-hybridized carbons (Fsp3) is 0.438. The highest BCUT2D eigenvalue weighted by molar-refractivity contribution is 7.14. The van der Waals surface area contributed by atoms with Crippen molar-refractivity contribution in [3.05, 3.63) is 35.2 Å². The lowest BCUT2D eigenvalue weighted by Crippen LogP contribution is -2.33. The lowest BCUT2D eigenvalue weighted by molar-refractivity contribution is -0.130. The van der Waals surface area contributed by atoms with Crippen LogP contribution in [0, 0.1) is 0 Å². The van der Waals surface area contributed by atoms with E-state index in [0.29, 0.717) is 10.8 Å². The largest absolute Gasteiger partial charge is 0.459 e. The zero-order chi connectivity index (χ0) is 16.7. The van der Waals surface area contributed by atoms with Gasteiger partial charge in [-0.1, -0.05) is 13.8 Å². The van der Waals surface area contributed by atoms with Crippen LogP contribution in [-0.2, 0) is 11.2 Å². The second-order valence-electron chi connectivity index (χ2n) is 5.13. The Morgan fingerprint density at radius 3 is 2.65 bits per heavy atom. The molecule has 0 aliphatic rings. The van der Waals surface area contributed by atoms with Gasteiger partial charge in [-0.15, -0.1) is 11.3 Å². The molecule has 0 saturated heterocycles. The van der Waals surface area contributed by atoms with Gasteiger partial charge in [-0.05, 0) is 25.0 Å². The topological polar surface area (TPSA) is 75.4 Å². The molecule has 0 atom stereocenters. The van der Waals surface area contributed by atoms with Crippen LogP contribution >= 0.6 is 11.3 Å². The van der Waals surface area contributed by atoms with Gasteiger partial charge in [-0.3, -0.25) is 14.9 Å². The third-order valence-corrected chi connectivity index (χ3v) is 4.00. The van der Waals surface area contributed by atoms with Crippen molar-refractivity contribution in [2.75, 3.05) is 18.4 Å². The van der Waals surface area contributed by atoms with Gasteiger partial charge in [0, 0.05) is 18.5 Å². The zero-order valence-corrected chi connectivity index (χ0v) is 14.2. The quantitative estimate of drug-likeness (QED) is 0.804. The van der Waals surface area contributed by atoms with E-state index in [-0.39, 0.29) is 24.0 Å². The van der Waals surface area contributed by atoms with Crippen LogP contribution in [0.5, 0.6) is 0 Å². The molecule has 0 unspecified atom stereocenters. The smallest absolute Gasteiger partial charge is 0.293 e. The van der Waals surface area contributed by atoms with Gasteiger partial charge in [0.2, 0.25) is 5.91 Å². The molecule has 0 bridgehead atoms. The molecule has 0 fully saturated rings. The predicted molar refractivity (Wildman–Crippen MR) is 89.6 cm³/mol. The highest BCUT2D eigenvalue weighted by Gasteiger charge is 2.16. The van der Waals surface area contributed by atoms with Crippen molar-refractivity contribution in [1.29, 1.82) is 0 Å². The molecule has 0 aliphatic heterocycles. The number of hydrogen-bond donors (Lipinski definition) is 1. The normalized spacial score (nSPS) is 10.5. The number of nitrogens with one attached hydrogen (secondary N) is 1. The van der Waals surface area contributed by atoms with Crippen molar-refractivity contribution in [3.8, 4) is 0 Å². The molecular formula is C16H21N3O3S. The second kappa shape index (κ2) is 8.47. The van der Waals surface area contributed by atoms with Gasteiger partial charge < -0.3 is 9.32 Å². The first kappa shape index (κ1) is 17.2. The maximum Gasteiger partial charge on any atom is 0.293 e. The predicted octanol–water partition coefficient (Wildman–Crippen LogP) is 3.18. The zero-order valence-electron chi connectivity index (χ0n) is 13.4. The molecule has 0 aromatic carbocycles. The first-order valence-corrected chi connectivity index (χ1v) is 8.59. The summed E-state index contributed by atoms with van der Waals surface area (Å²) in [6.45, 7) is 5.64. The Morgan fingerprint density at radius 1 is 1.30 bits per heavy atom. The average molecular weight is 335 g/mol. The van der Waals surface area contributed by atoms with E-state index in [1.165, 1.54) is 17.6 Å². The van der Waals surface area contributed by atoms with E-state index in [4.69, 9.17) is 4.42 Å². The summed E-state index contributed by atoms with van der Waals surface area (Å²) in [4.78, 5) is 30.3. The van der Waals surface area contributed by atoms with Crippen LogP contribution in [0.1, 0.15) is 42.9 Å². The molecule has 0 spiro atoms. The van der Waals surface area contributed by atoms with Gasteiger partial charge in [0.05, 0.1) is 18.4 Å². The summed E-state index contributed by atoms with van der Waals surface area (Å²) in [7, 11) is 0. The standard InChI is InChI=1S/C16H21N3O3S/c1-3-7-19(8-4-2)14(20)10-12-11-23-16(17-12)18-15(21)13-6-5-9-22-13/h5-6,9,11H,3-4,7-8,10H2,1-2H3,(H,17,18,21). The summed E-state index contributed by atoms with van der Waals surface area (Å²) in [5, 5.41) is 4.93. The van der Waals surface area contributed by atoms with E-state index in [1.54, 1.807) is 17.5 Å². The number of furan rings is 1. The van der Waals surface area contributed by atoms with Crippen LogP contribution in [0.4, 0.5) is 5.13 Å². The fourth-order valence-corrected chi connectivity index (χ4v) is 2.89. The fourth-order valence-electron chi connectivity index (χ4n) is 2.18. The molecule has 6 nitrogen and oxygen atoms in total. The van der Waals surface area contributed by atoms with E-state index in [0.717, 1.165) is 25.9 Å². The van der Waals surface area contributed by atoms with E-state index in [2.05, 4.69) is 24.1 Å². The van der Waals surface area contributed by atoms with Crippen LogP contribution in [0.15, 0.2) is 28.2 Å². The first-order chi connectivity index (χ1) is 11.1. The third-order valence-electron chi connectivity index (χ3n) is 3.19. The molecule has 0 aliphatic carbocycles. The number of hydrogen-bond acceptors (Lipinski definition) is 5. The van der Waals surface area contributed by atoms with Crippen LogP contribution in [-0.4, -0.2) is 34.8 Å². The Balaban J connectivity index is 1.93. The first-order valence-electron chi connectivity index (χ1n) is 7.71. The van der Waals surface area contributed by atoms with E-state index < -0.39 is 0 Å². The number of anilines is 1. The number of rotatable bonds is 8. The molecule has 1 N–H and O–H groups in total. The maximum atomic E-state index is 12.3. The monoisotopic (exact) mass is 335 g/mol. The summed E-state index contributed by atoms with van der Waals surface area (Å²) in [6, 6.07) is 3.23. The summed E-state index contributed by atoms with van der Waals surface area (Å²) in [5.41, 5.74) is 0.673. The number of carbonyl (C=O) groups is 2. The van der Waals surface area contributed by atoms with E-state index >= 15 is 0 Å². The van der Waals surface area contributed by atoms with Gasteiger partial charge >= 0.3 is 0 Å². The molecule has 2 heterocycles. The number of carbonyl (C=O) groups excluding carboxylic acids is 2. The molecule has 0 saturated carbocycles. The summed E-state index contributed by atoms with van der Waals surface area (Å²) >= 11 is 1.30. The molecular weight excluding hydrogens is 314 g/mol. The Bertz CT molecular complexity index is 631. The molecule has 23 heavy (non-hydrogen) atoms. The Morgan fingerprint density at radius 2 is 2.04 bits per heavy atom. The minimum Gasteiger partial charge on any atom is -0.459 e. The van der Waals surface area contributed by atoms with Crippen LogP contribution in [0.3, 0.4) is 0 Å². The van der Waals surface area contributed by atoms with Crippen molar-refractivity contribution in [3.63, 3.8) is 0 Å². The minimum atomic E-state index is -0.346. The van der Waals surface area contributed by atoms with E-state index in [9.17, 15) is 9.59 Å². The maximum absolute atomic E-state index is 12.3. The Hall–Kier alpha value is -2.15.